The van der Waals surface area contributed by atoms with E-state index in [0.29, 0.717) is 37.6 Å². The molecule has 1 aliphatic rings. The maximum absolute atomic E-state index is 12.8. The number of furan rings is 1. The van der Waals surface area contributed by atoms with Crippen molar-refractivity contribution in [2.24, 2.45) is 7.05 Å². The third-order valence-corrected chi connectivity index (χ3v) is 4.49. The molecule has 0 fully saturated rings. The largest absolute Gasteiger partial charge is 0.469 e. The summed E-state index contributed by atoms with van der Waals surface area (Å²) < 4.78 is 12.9. The van der Waals surface area contributed by atoms with Crippen LogP contribution in [0.25, 0.3) is 0 Å². The molecule has 0 aromatic carbocycles. The van der Waals surface area contributed by atoms with E-state index in [9.17, 15) is 4.79 Å². The van der Waals surface area contributed by atoms with Crippen LogP contribution in [-0.2, 0) is 18.3 Å². The van der Waals surface area contributed by atoms with Crippen LogP contribution in [0.5, 0.6) is 0 Å². The van der Waals surface area contributed by atoms with Crippen molar-refractivity contribution in [2.45, 2.75) is 19.4 Å². The summed E-state index contributed by atoms with van der Waals surface area (Å²) in [4.78, 5) is 16.7. The van der Waals surface area contributed by atoms with E-state index in [1.807, 2.05) is 21.1 Å². The standard InChI is InChI=1S/C17H25N5O3/c1-12-14(5-7-25-12)17(23)22-9-13(11-24-8-6-20(2)3)16-15(10-22)18-19-21(16)4/h5,7,13H,6,8-11H2,1-4H3/t13-/m1/s1. The summed E-state index contributed by atoms with van der Waals surface area (Å²) in [6.07, 6.45) is 1.54. The third kappa shape index (κ3) is 3.74. The molecule has 0 saturated carbocycles. The molecule has 0 radical (unpaired) electrons. The lowest BCUT2D eigenvalue weighted by Gasteiger charge is -2.32. The maximum atomic E-state index is 12.8. The summed E-state index contributed by atoms with van der Waals surface area (Å²) in [6.45, 7) is 4.89. The third-order valence-electron chi connectivity index (χ3n) is 4.49. The van der Waals surface area contributed by atoms with Crippen LogP contribution in [0.1, 0.15) is 33.4 Å². The summed E-state index contributed by atoms with van der Waals surface area (Å²) in [5.41, 5.74) is 2.49. The molecule has 0 aliphatic carbocycles. The van der Waals surface area contributed by atoms with Gasteiger partial charge < -0.3 is 19.0 Å². The SMILES string of the molecule is Cc1occc1C(=O)N1Cc2nnn(C)c2[C@@H](COCCN(C)C)C1. The lowest BCUT2D eigenvalue weighted by Crippen LogP contribution is -2.40. The Morgan fingerprint density at radius 3 is 2.96 bits per heavy atom. The number of hydrogen-bond donors (Lipinski definition) is 0. The molecule has 0 bridgehead atoms. The quantitative estimate of drug-likeness (QED) is 0.727. The van der Waals surface area contributed by atoms with Crippen molar-refractivity contribution in [3.8, 4) is 0 Å². The van der Waals surface area contributed by atoms with E-state index >= 15 is 0 Å². The van der Waals surface area contributed by atoms with Crippen LogP contribution in [0.2, 0.25) is 0 Å². The number of aromatic nitrogens is 3. The van der Waals surface area contributed by atoms with E-state index in [1.54, 1.807) is 28.8 Å². The minimum Gasteiger partial charge on any atom is -0.469 e. The van der Waals surface area contributed by atoms with Crippen LogP contribution in [-0.4, -0.2) is 71.1 Å². The van der Waals surface area contributed by atoms with Crippen LogP contribution in [0.4, 0.5) is 0 Å². The zero-order valence-corrected chi connectivity index (χ0v) is 15.2. The molecule has 1 amide bonds. The van der Waals surface area contributed by atoms with Crippen molar-refractivity contribution in [3.05, 3.63) is 35.0 Å². The van der Waals surface area contributed by atoms with Gasteiger partial charge in [0.2, 0.25) is 0 Å². The maximum Gasteiger partial charge on any atom is 0.257 e. The molecule has 0 spiro atoms. The molecule has 2 aromatic heterocycles. The molecule has 1 aliphatic heterocycles. The Bertz CT molecular complexity index is 736. The Kier molecular flexibility index (Phi) is 5.19. The highest BCUT2D eigenvalue weighted by atomic mass is 16.5. The van der Waals surface area contributed by atoms with Gasteiger partial charge in [-0.15, -0.1) is 5.10 Å². The summed E-state index contributed by atoms with van der Waals surface area (Å²) in [5, 5.41) is 8.36. The molecule has 2 aromatic rings. The number of ether oxygens (including phenoxy) is 1. The Labute approximate surface area is 147 Å². The van der Waals surface area contributed by atoms with E-state index in [2.05, 4.69) is 15.2 Å². The fourth-order valence-electron chi connectivity index (χ4n) is 3.15. The minimum atomic E-state index is -0.0409. The average Bonchev–Trinajstić information content (AvgIpc) is 3.16. The van der Waals surface area contributed by atoms with Gasteiger partial charge in [-0.1, -0.05) is 5.21 Å². The van der Waals surface area contributed by atoms with Crippen molar-refractivity contribution in [2.75, 3.05) is 40.4 Å². The smallest absolute Gasteiger partial charge is 0.257 e. The first kappa shape index (κ1) is 17.6. The van der Waals surface area contributed by atoms with Crippen LogP contribution < -0.4 is 0 Å². The van der Waals surface area contributed by atoms with Gasteiger partial charge in [0.25, 0.3) is 5.91 Å². The van der Waals surface area contributed by atoms with E-state index in [-0.39, 0.29) is 11.8 Å². The van der Waals surface area contributed by atoms with Crippen LogP contribution >= 0.6 is 0 Å². The number of amides is 1. The number of fused-ring (bicyclic) bond motifs is 1. The van der Waals surface area contributed by atoms with E-state index in [1.165, 1.54) is 0 Å². The molecular weight excluding hydrogens is 322 g/mol. The van der Waals surface area contributed by atoms with Gasteiger partial charge in [-0.2, -0.15) is 0 Å². The van der Waals surface area contributed by atoms with Crippen LogP contribution in [0.15, 0.2) is 16.7 Å². The second-order valence-corrected chi connectivity index (χ2v) is 6.70. The molecule has 136 valence electrons. The highest BCUT2D eigenvalue weighted by molar-refractivity contribution is 5.95. The van der Waals surface area contributed by atoms with Gasteiger partial charge in [-0.05, 0) is 27.1 Å². The molecule has 8 nitrogen and oxygen atoms in total. The first-order valence-electron chi connectivity index (χ1n) is 8.41. The van der Waals surface area contributed by atoms with Crippen LogP contribution in [0, 0.1) is 6.92 Å². The average molecular weight is 347 g/mol. The molecule has 0 N–H and O–H groups in total. The van der Waals surface area contributed by atoms with Gasteiger partial charge in [0, 0.05) is 26.1 Å². The van der Waals surface area contributed by atoms with Crippen molar-refractivity contribution in [1.29, 1.82) is 0 Å². The molecule has 3 heterocycles. The molecular formula is C17H25N5O3. The number of carbonyl (C=O) groups excluding carboxylic acids is 1. The first-order chi connectivity index (χ1) is 12.0. The highest BCUT2D eigenvalue weighted by Crippen LogP contribution is 2.28. The topological polar surface area (TPSA) is 76.6 Å². The predicted molar refractivity (Wildman–Crippen MR) is 91.3 cm³/mol. The lowest BCUT2D eigenvalue weighted by molar-refractivity contribution is 0.0612. The summed E-state index contributed by atoms with van der Waals surface area (Å²) in [6, 6.07) is 1.71. The van der Waals surface area contributed by atoms with E-state index in [4.69, 9.17) is 9.15 Å². The van der Waals surface area contributed by atoms with Gasteiger partial charge in [0.05, 0.1) is 37.3 Å². The Morgan fingerprint density at radius 1 is 1.48 bits per heavy atom. The second-order valence-electron chi connectivity index (χ2n) is 6.70. The van der Waals surface area contributed by atoms with Crippen LogP contribution in [0.3, 0.4) is 0 Å². The predicted octanol–water partition coefficient (Wildman–Crippen LogP) is 1.03. The fraction of sp³-hybridized carbons (Fsp3) is 0.588. The molecule has 0 saturated heterocycles. The number of carbonyl (C=O) groups is 1. The van der Waals surface area contributed by atoms with Gasteiger partial charge in [-0.3, -0.25) is 9.48 Å². The Balaban J connectivity index is 1.74. The monoisotopic (exact) mass is 347 g/mol. The zero-order chi connectivity index (χ0) is 18.0. The number of hydrogen-bond acceptors (Lipinski definition) is 6. The normalized spacial score (nSPS) is 17.2. The number of aryl methyl sites for hydroxylation is 2. The minimum absolute atomic E-state index is 0.0409. The lowest BCUT2D eigenvalue weighted by atomic mass is 9.98. The van der Waals surface area contributed by atoms with Crippen molar-refractivity contribution >= 4 is 5.91 Å². The summed E-state index contributed by atoms with van der Waals surface area (Å²) >= 11 is 0. The van der Waals surface area contributed by atoms with Gasteiger partial charge in [0.1, 0.15) is 11.5 Å². The second kappa shape index (κ2) is 7.37. The van der Waals surface area contributed by atoms with Gasteiger partial charge >= 0.3 is 0 Å². The molecule has 3 rings (SSSR count). The Hall–Kier alpha value is -2.19. The molecule has 0 unspecified atom stereocenters. The van der Waals surface area contributed by atoms with E-state index < -0.39 is 0 Å². The first-order valence-corrected chi connectivity index (χ1v) is 8.41. The van der Waals surface area contributed by atoms with Crippen molar-refractivity contribution in [1.82, 2.24) is 24.8 Å². The zero-order valence-electron chi connectivity index (χ0n) is 15.2. The Morgan fingerprint density at radius 2 is 2.28 bits per heavy atom. The molecule has 1 atom stereocenters. The van der Waals surface area contributed by atoms with Crippen molar-refractivity contribution < 1.29 is 13.9 Å². The number of likely N-dealkylation sites (N-methyl/N-ethyl adjacent to an activating group) is 1. The summed E-state index contributed by atoms with van der Waals surface area (Å²) in [5.74, 6) is 0.650. The molecule has 8 heteroatoms. The van der Waals surface area contributed by atoms with Crippen molar-refractivity contribution in [3.63, 3.8) is 0 Å². The fourth-order valence-corrected chi connectivity index (χ4v) is 3.15. The highest BCUT2D eigenvalue weighted by Gasteiger charge is 2.33. The van der Waals surface area contributed by atoms with E-state index in [0.717, 1.165) is 17.9 Å². The van der Waals surface area contributed by atoms with Gasteiger partial charge in [-0.25, -0.2) is 0 Å². The number of rotatable bonds is 6. The van der Waals surface area contributed by atoms with Gasteiger partial charge in [0.15, 0.2) is 0 Å². The number of nitrogens with zero attached hydrogens (tertiary/aromatic N) is 5. The summed E-state index contributed by atoms with van der Waals surface area (Å²) in [7, 11) is 5.91. The molecule has 25 heavy (non-hydrogen) atoms.